The number of aromatic nitrogens is 4. The van der Waals surface area contributed by atoms with E-state index in [9.17, 15) is 4.79 Å². The average Bonchev–Trinajstić information content (AvgIpc) is 3.21. The number of fused-ring (bicyclic) bond motifs is 1. The van der Waals surface area contributed by atoms with E-state index in [1.54, 1.807) is 22.9 Å². The SMILES string of the molecule is CSc1nc(N2CCCCC2)c2cnn(CCNC(=O)COc3ccc(Cl)cc3Cl)c2n1. The van der Waals surface area contributed by atoms with E-state index in [1.165, 1.54) is 31.0 Å². The second-order valence-corrected chi connectivity index (χ2v) is 9.02. The van der Waals surface area contributed by atoms with Crippen LogP contribution in [-0.2, 0) is 11.3 Å². The highest BCUT2D eigenvalue weighted by Crippen LogP contribution is 2.29. The molecule has 2 aromatic heterocycles. The molecule has 1 fully saturated rings. The minimum Gasteiger partial charge on any atom is -0.482 e. The van der Waals surface area contributed by atoms with Gasteiger partial charge in [-0.05, 0) is 43.7 Å². The van der Waals surface area contributed by atoms with Gasteiger partial charge in [-0.1, -0.05) is 35.0 Å². The lowest BCUT2D eigenvalue weighted by Crippen LogP contribution is -2.32. The minimum absolute atomic E-state index is 0.140. The number of piperidine rings is 1. The predicted octanol–water partition coefficient (Wildman–Crippen LogP) is 4.04. The fourth-order valence-electron chi connectivity index (χ4n) is 3.61. The second kappa shape index (κ2) is 10.6. The van der Waals surface area contributed by atoms with E-state index in [1.807, 2.05) is 12.5 Å². The number of thioether (sulfide) groups is 1. The van der Waals surface area contributed by atoms with Crippen LogP contribution in [0.15, 0.2) is 29.6 Å². The van der Waals surface area contributed by atoms with Gasteiger partial charge >= 0.3 is 0 Å². The molecule has 0 radical (unpaired) electrons. The fourth-order valence-corrected chi connectivity index (χ4v) is 4.43. The summed E-state index contributed by atoms with van der Waals surface area (Å²) in [5, 5.41) is 9.88. The smallest absolute Gasteiger partial charge is 0.258 e. The molecule has 11 heteroatoms. The van der Waals surface area contributed by atoms with Gasteiger partial charge in [0.15, 0.2) is 17.4 Å². The van der Waals surface area contributed by atoms with Crippen LogP contribution in [0.25, 0.3) is 11.0 Å². The summed E-state index contributed by atoms with van der Waals surface area (Å²) < 4.78 is 7.28. The average molecular weight is 495 g/mol. The van der Waals surface area contributed by atoms with Crippen molar-refractivity contribution in [3.63, 3.8) is 0 Å². The molecular formula is C21H24Cl2N6O2S. The van der Waals surface area contributed by atoms with Gasteiger partial charge in [0.2, 0.25) is 0 Å². The van der Waals surface area contributed by atoms with Gasteiger partial charge in [0, 0.05) is 24.7 Å². The van der Waals surface area contributed by atoms with Gasteiger partial charge in [0.1, 0.15) is 11.6 Å². The highest BCUT2D eigenvalue weighted by atomic mass is 35.5. The Hall–Kier alpha value is -2.23. The van der Waals surface area contributed by atoms with Crippen LogP contribution >= 0.6 is 35.0 Å². The number of anilines is 1. The highest BCUT2D eigenvalue weighted by Gasteiger charge is 2.19. The van der Waals surface area contributed by atoms with Crippen LogP contribution < -0.4 is 15.0 Å². The summed E-state index contributed by atoms with van der Waals surface area (Å²) in [6.07, 6.45) is 7.38. The van der Waals surface area contributed by atoms with E-state index >= 15 is 0 Å². The molecule has 3 heterocycles. The van der Waals surface area contributed by atoms with Crippen LogP contribution in [-0.4, -0.2) is 58.2 Å². The van der Waals surface area contributed by atoms with Crippen LogP contribution in [0.5, 0.6) is 5.75 Å². The quantitative estimate of drug-likeness (QED) is 0.373. The number of halogens is 2. The van der Waals surface area contributed by atoms with Crippen molar-refractivity contribution in [3.8, 4) is 5.75 Å². The molecule has 1 amide bonds. The zero-order valence-corrected chi connectivity index (χ0v) is 20.0. The molecule has 4 rings (SSSR count). The number of hydrogen-bond donors (Lipinski definition) is 1. The van der Waals surface area contributed by atoms with Gasteiger partial charge in [-0.25, -0.2) is 14.6 Å². The van der Waals surface area contributed by atoms with Gasteiger partial charge in [0.25, 0.3) is 5.91 Å². The van der Waals surface area contributed by atoms with Gasteiger partial charge in [-0.15, -0.1) is 0 Å². The van der Waals surface area contributed by atoms with Crippen molar-refractivity contribution in [3.05, 3.63) is 34.4 Å². The number of amides is 1. The lowest BCUT2D eigenvalue weighted by Gasteiger charge is -2.28. The number of hydrogen-bond acceptors (Lipinski definition) is 7. The Bertz CT molecular complexity index is 1100. The normalized spacial score (nSPS) is 14.0. The number of carbonyl (C=O) groups is 1. The summed E-state index contributed by atoms with van der Waals surface area (Å²) >= 11 is 13.4. The zero-order valence-electron chi connectivity index (χ0n) is 17.7. The first-order chi connectivity index (χ1) is 15.5. The number of rotatable bonds is 8. The summed E-state index contributed by atoms with van der Waals surface area (Å²) in [4.78, 5) is 23.9. The van der Waals surface area contributed by atoms with E-state index in [0.29, 0.717) is 28.9 Å². The van der Waals surface area contributed by atoms with Gasteiger partial charge in [-0.2, -0.15) is 5.10 Å². The lowest BCUT2D eigenvalue weighted by atomic mass is 10.1. The molecule has 0 unspecified atom stereocenters. The molecule has 0 atom stereocenters. The summed E-state index contributed by atoms with van der Waals surface area (Å²) in [6.45, 7) is 2.74. The van der Waals surface area contributed by atoms with E-state index in [2.05, 4.69) is 20.3 Å². The largest absolute Gasteiger partial charge is 0.482 e. The zero-order chi connectivity index (χ0) is 22.5. The molecule has 0 spiro atoms. The molecule has 1 aliphatic heterocycles. The number of benzene rings is 1. The maximum Gasteiger partial charge on any atom is 0.258 e. The standard InChI is InChI=1S/C21H24Cl2N6O2S/c1-32-21-26-19(28-8-3-2-4-9-28)15-12-25-29(20(15)27-21)10-7-24-18(30)13-31-17-6-5-14(22)11-16(17)23/h5-6,11-12H,2-4,7-10,13H2,1H3,(H,24,30). The first-order valence-electron chi connectivity index (χ1n) is 10.4. The molecule has 0 bridgehead atoms. The Kier molecular flexibility index (Phi) is 7.59. The first kappa shape index (κ1) is 22.9. The maximum absolute atomic E-state index is 12.2. The molecule has 0 saturated carbocycles. The van der Waals surface area contributed by atoms with Crippen LogP contribution in [0, 0.1) is 0 Å². The Labute approximate surface area is 200 Å². The molecule has 1 aromatic carbocycles. The van der Waals surface area contributed by atoms with Crippen molar-refractivity contribution in [2.75, 3.05) is 37.4 Å². The Morgan fingerprint density at radius 1 is 1.22 bits per heavy atom. The van der Waals surface area contributed by atoms with Crippen molar-refractivity contribution in [2.45, 2.75) is 31.0 Å². The molecule has 32 heavy (non-hydrogen) atoms. The van der Waals surface area contributed by atoms with E-state index in [4.69, 9.17) is 32.9 Å². The molecule has 170 valence electrons. The Morgan fingerprint density at radius 2 is 2.03 bits per heavy atom. The van der Waals surface area contributed by atoms with E-state index in [0.717, 1.165) is 35.1 Å². The van der Waals surface area contributed by atoms with Crippen LogP contribution in [0.2, 0.25) is 10.0 Å². The first-order valence-corrected chi connectivity index (χ1v) is 12.4. The third-order valence-corrected chi connectivity index (χ3v) is 6.27. The molecule has 3 aromatic rings. The highest BCUT2D eigenvalue weighted by molar-refractivity contribution is 7.98. The third kappa shape index (κ3) is 5.39. The number of nitrogens with zero attached hydrogens (tertiary/aromatic N) is 5. The molecule has 8 nitrogen and oxygen atoms in total. The summed E-state index contributed by atoms with van der Waals surface area (Å²) in [7, 11) is 0. The summed E-state index contributed by atoms with van der Waals surface area (Å²) in [5.41, 5.74) is 0.781. The molecule has 1 aliphatic rings. The minimum atomic E-state index is -0.249. The Morgan fingerprint density at radius 3 is 2.78 bits per heavy atom. The number of ether oxygens (including phenoxy) is 1. The Balaban J connectivity index is 1.38. The van der Waals surface area contributed by atoms with Crippen molar-refractivity contribution < 1.29 is 9.53 Å². The van der Waals surface area contributed by atoms with Crippen molar-refractivity contribution in [1.82, 2.24) is 25.1 Å². The number of nitrogens with one attached hydrogen (secondary N) is 1. The second-order valence-electron chi connectivity index (χ2n) is 7.40. The number of carbonyl (C=O) groups excluding carboxylic acids is 1. The summed E-state index contributed by atoms with van der Waals surface area (Å²) in [5.74, 6) is 1.11. The molecule has 1 saturated heterocycles. The summed E-state index contributed by atoms with van der Waals surface area (Å²) in [6, 6.07) is 4.87. The van der Waals surface area contributed by atoms with Gasteiger partial charge in [-0.3, -0.25) is 4.79 Å². The molecule has 0 aliphatic carbocycles. The molecular weight excluding hydrogens is 471 g/mol. The molecule has 1 N–H and O–H groups in total. The van der Waals surface area contributed by atoms with Gasteiger partial charge in [0.05, 0.1) is 23.2 Å². The van der Waals surface area contributed by atoms with Crippen LogP contribution in [0.1, 0.15) is 19.3 Å². The van der Waals surface area contributed by atoms with Crippen molar-refractivity contribution in [2.24, 2.45) is 0 Å². The lowest BCUT2D eigenvalue weighted by molar-refractivity contribution is -0.123. The van der Waals surface area contributed by atoms with Crippen LogP contribution in [0.4, 0.5) is 5.82 Å². The topological polar surface area (TPSA) is 85.2 Å². The van der Waals surface area contributed by atoms with Crippen LogP contribution in [0.3, 0.4) is 0 Å². The van der Waals surface area contributed by atoms with Crippen molar-refractivity contribution in [1.29, 1.82) is 0 Å². The fraction of sp³-hybridized carbons (Fsp3) is 0.429. The monoisotopic (exact) mass is 494 g/mol. The third-order valence-electron chi connectivity index (χ3n) is 5.19. The van der Waals surface area contributed by atoms with E-state index < -0.39 is 0 Å². The van der Waals surface area contributed by atoms with Crippen molar-refractivity contribution >= 4 is 57.7 Å². The van der Waals surface area contributed by atoms with E-state index in [-0.39, 0.29) is 12.5 Å². The maximum atomic E-state index is 12.2. The predicted molar refractivity (Wildman–Crippen MR) is 128 cm³/mol. The van der Waals surface area contributed by atoms with Gasteiger partial charge < -0.3 is 15.0 Å².